The van der Waals surface area contributed by atoms with Crippen LogP contribution in [0.15, 0.2) is 59.8 Å². The van der Waals surface area contributed by atoms with Crippen LogP contribution in [0, 0.1) is 17.5 Å². The van der Waals surface area contributed by atoms with E-state index in [0.29, 0.717) is 30.7 Å². The fraction of sp³-hybridized carbons (Fsp3) is 0.448. The van der Waals surface area contributed by atoms with E-state index in [1.54, 1.807) is 23.0 Å². The third kappa shape index (κ3) is 7.04. The lowest BCUT2D eigenvalue weighted by Crippen LogP contribution is -2.56. The number of carbonyl (C=O) groups is 2. The van der Waals surface area contributed by atoms with Crippen LogP contribution in [0.4, 0.5) is 13.2 Å². The highest BCUT2D eigenvalue weighted by atomic mass is 19.1. The third-order valence-corrected chi connectivity index (χ3v) is 6.76. The number of rotatable bonds is 10. The molecule has 2 unspecified atom stereocenters. The Morgan fingerprint density at radius 3 is 2.41 bits per heavy atom. The van der Waals surface area contributed by atoms with Crippen molar-refractivity contribution in [2.24, 2.45) is 0 Å². The molecule has 1 fully saturated rings. The topological polar surface area (TPSA) is 84.9 Å². The summed E-state index contributed by atoms with van der Waals surface area (Å²) in [5.41, 5.74) is 0.331. The molecule has 0 radical (unpaired) electrons. The molecule has 2 aliphatic rings. The van der Waals surface area contributed by atoms with Gasteiger partial charge < -0.3 is 25.5 Å². The first kappa shape index (κ1) is 31.5. The maximum atomic E-state index is 14.1. The van der Waals surface area contributed by atoms with Crippen molar-refractivity contribution in [3.05, 3.63) is 82.8 Å². The Labute approximate surface area is 228 Å². The smallest absolute Gasteiger partial charge is 0.274 e. The summed E-state index contributed by atoms with van der Waals surface area (Å²) >= 11 is 0. The third-order valence-electron chi connectivity index (χ3n) is 6.76. The number of aliphatic hydroxyl groups is 1. The van der Waals surface area contributed by atoms with Gasteiger partial charge in [0.25, 0.3) is 5.91 Å². The van der Waals surface area contributed by atoms with Gasteiger partial charge >= 0.3 is 0 Å². The number of nitrogens with one attached hydrogen (secondary N) is 2. The summed E-state index contributed by atoms with van der Waals surface area (Å²) in [6.45, 7) is 15.8. The summed E-state index contributed by atoms with van der Waals surface area (Å²) in [4.78, 5) is 28.7. The minimum atomic E-state index is -1.04. The SMILES string of the molecule is C=C(NCc1c(F)cc(F)cc1F)C1=CN2C(=C(O)C1=C)C(=O)N(C(C)CCC)CC2CCC(=O)NC.CC. The summed E-state index contributed by atoms with van der Waals surface area (Å²) in [5, 5.41) is 16.5. The quantitative estimate of drug-likeness (QED) is 0.375. The highest BCUT2D eigenvalue weighted by Crippen LogP contribution is 2.37. The fourth-order valence-corrected chi connectivity index (χ4v) is 4.61. The van der Waals surface area contributed by atoms with Gasteiger partial charge in [0.2, 0.25) is 5.91 Å². The molecule has 1 aromatic carbocycles. The van der Waals surface area contributed by atoms with Crippen molar-refractivity contribution in [2.75, 3.05) is 13.6 Å². The highest BCUT2D eigenvalue weighted by Gasteiger charge is 2.42. The lowest BCUT2D eigenvalue weighted by Gasteiger charge is -2.46. The molecular weight excluding hydrogens is 509 g/mol. The van der Waals surface area contributed by atoms with Gasteiger partial charge in [0, 0.05) is 73.3 Å². The molecular formula is C29H39F3N4O3. The van der Waals surface area contributed by atoms with Gasteiger partial charge in [-0.3, -0.25) is 9.59 Å². The molecule has 0 saturated carbocycles. The second kappa shape index (κ2) is 13.9. The zero-order valence-corrected chi connectivity index (χ0v) is 23.3. The minimum absolute atomic E-state index is 0.0632. The van der Waals surface area contributed by atoms with E-state index in [1.807, 2.05) is 27.7 Å². The van der Waals surface area contributed by atoms with Gasteiger partial charge in [-0.05, 0) is 19.8 Å². The van der Waals surface area contributed by atoms with Crippen molar-refractivity contribution in [1.82, 2.24) is 20.4 Å². The molecule has 214 valence electrons. The molecule has 1 saturated heterocycles. The molecule has 2 amide bonds. The molecule has 3 N–H and O–H groups in total. The zero-order chi connectivity index (χ0) is 29.4. The summed E-state index contributed by atoms with van der Waals surface area (Å²) in [5.74, 6) is -3.95. The van der Waals surface area contributed by atoms with Crippen LogP contribution in [0.3, 0.4) is 0 Å². The largest absolute Gasteiger partial charge is 0.505 e. The van der Waals surface area contributed by atoms with Crippen molar-refractivity contribution in [2.45, 2.75) is 72.0 Å². The second-order valence-electron chi connectivity index (χ2n) is 9.27. The number of piperazine rings is 1. The zero-order valence-electron chi connectivity index (χ0n) is 23.3. The van der Waals surface area contributed by atoms with E-state index >= 15 is 0 Å². The van der Waals surface area contributed by atoms with Crippen LogP contribution >= 0.6 is 0 Å². The van der Waals surface area contributed by atoms with E-state index < -0.39 is 17.5 Å². The number of halogens is 3. The van der Waals surface area contributed by atoms with Crippen molar-refractivity contribution in [3.63, 3.8) is 0 Å². The normalized spacial score (nSPS) is 17.6. The van der Waals surface area contributed by atoms with E-state index in [4.69, 9.17) is 0 Å². The molecule has 0 aromatic heterocycles. The summed E-state index contributed by atoms with van der Waals surface area (Å²) in [7, 11) is 1.55. The van der Waals surface area contributed by atoms with Gasteiger partial charge in [-0.1, -0.05) is 40.3 Å². The number of carbonyl (C=O) groups excluding carboxylic acids is 2. The molecule has 2 heterocycles. The number of amides is 2. The first-order chi connectivity index (χ1) is 18.5. The Hall–Kier alpha value is -3.69. The molecule has 1 aromatic rings. The minimum Gasteiger partial charge on any atom is -0.505 e. The molecule has 0 aliphatic carbocycles. The first-order valence-electron chi connectivity index (χ1n) is 13.2. The first-order valence-corrected chi connectivity index (χ1v) is 13.2. The van der Waals surface area contributed by atoms with Gasteiger partial charge in [0.1, 0.15) is 17.5 Å². The van der Waals surface area contributed by atoms with E-state index in [0.717, 1.165) is 12.8 Å². The van der Waals surface area contributed by atoms with Crippen molar-refractivity contribution in [1.29, 1.82) is 0 Å². The Morgan fingerprint density at radius 1 is 1.23 bits per heavy atom. The number of fused-ring (bicyclic) bond motifs is 1. The lowest BCUT2D eigenvalue weighted by atomic mass is 9.93. The second-order valence-corrected chi connectivity index (χ2v) is 9.27. The predicted octanol–water partition coefficient (Wildman–Crippen LogP) is 5.18. The van der Waals surface area contributed by atoms with E-state index in [2.05, 4.69) is 23.8 Å². The van der Waals surface area contributed by atoms with Gasteiger partial charge in [-0.15, -0.1) is 0 Å². The number of hydrogen-bond acceptors (Lipinski definition) is 5. The van der Waals surface area contributed by atoms with Gasteiger partial charge in [-0.25, -0.2) is 13.2 Å². The molecule has 0 bridgehead atoms. The van der Waals surface area contributed by atoms with Crippen LogP contribution in [0.2, 0.25) is 0 Å². The van der Waals surface area contributed by atoms with E-state index in [-0.39, 0.29) is 65.2 Å². The monoisotopic (exact) mass is 548 g/mol. The van der Waals surface area contributed by atoms with Gasteiger partial charge in [-0.2, -0.15) is 0 Å². The Kier molecular flexibility index (Phi) is 11.2. The fourth-order valence-electron chi connectivity index (χ4n) is 4.61. The molecule has 2 aliphatic heterocycles. The average molecular weight is 549 g/mol. The van der Waals surface area contributed by atoms with Crippen molar-refractivity contribution in [3.8, 4) is 0 Å². The molecule has 39 heavy (non-hydrogen) atoms. The Balaban J connectivity index is 0.00000260. The molecule has 10 heteroatoms. The maximum absolute atomic E-state index is 14.1. The molecule has 0 spiro atoms. The number of benzene rings is 1. The van der Waals surface area contributed by atoms with Crippen LogP contribution < -0.4 is 10.6 Å². The van der Waals surface area contributed by atoms with Crippen molar-refractivity contribution < 1.29 is 27.9 Å². The standard InChI is InChI=1S/C27H33F3N4O3.C2H6/c1-6-7-15(2)33-13-19(8-9-24(35)31-5)34-14-21(16(3)26(36)25(34)27(33)37)17(4)32-12-20-22(29)10-18(28)11-23(20)30;1-2/h10-11,14-15,19,32,36H,3-4,6-9,12-13H2,1-2,5H3,(H,31,35);1-2H3. The number of nitrogens with zero attached hydrogens (tertiary/aromatic N) is 2. The van der Waals surface area contributed by atoms with Crippen LogP contribution in [0.25, 0.3) is 0 Å². The van der Waals surface area contributed by atoms with Crippen LogP contribution in [0.5, 0.6) is 0 Å². The highest BCUT2D eigenvalue weighted by molar-refractivity contribution is 5.96. The van der Waals surface area contributed by atoms with Crippen LogP contribution in [0.1, 0.15) is 58.9 Å². The average Bonchev–Trinajstić information content (AvgIpc) is 2.90. The number of hydrogen-bond donors (Lipinski definition) is 3. The van der Waals surface area contributed by atoms with Crippen molar-refractivity contribution >= 4 is 11.8 Å². The molecule has 2 atom stereocenters. The summed E-state index contributed by atoms with van der Waals surface area (Å²) < 4.78 is 41.4. The lowest BCUT2D eigenvalue weighted by molar-refractivity contribution is -0.135. The van der Waals surface area contributed by atoms with Crippen LogP contribution in [-0.4, -0.2) is 52.4 Å². The van der Waals surface area contributed by atoms with Gasteiger partial charge in [0.15, 0.2) is 11.5 Å². The Morgan fingerprint density at radius 2 is 1.85 bits per heavy atom. The molecule has 7 nitrogen and oxygen atoms in total. The van der Waals surface area contributed by atoms with Crippen LogP contribution in [-0.2, 0) is 16.1 Å². The van der Waals surface area contributed by atoms with E-state index in [1.165, 1.54) is 0 Å². The molecule has 3 rings (SSSR count). The Bertz CT molecular complexity index is 1160. The van der Waals surface area contributed by atoms with Gasteiger partial charge in [0.05, 0.1) is 6.04 Å². The maximum Gasteiger partial charge on any atom is 0.274 e. The summed E-state index contributed by atoms with van der Waals surface area (Å²) in [6, 6.07) is 0.779. The summed E-state index contributed by atoms with van der Waals surface area (Å²) in [6.07, 6.45) is 3.88. The number of allylic oxidation sites excluding steroid dienone is 2. The number of aliphatic hydroxyl groups excluding tert-OH is 1. The van der Waals surface area contributed by atoms with E-state index in [9.17, 15) is 27.9 Å². The predicted molar refractivity (Wildman–Crippen MR) is 146 cm³/mol.